The van der Waals surface area contributed by atoms with Crippen molar-refractivity contribution in [3.63, 3.8) is 0 Å². The lowest BCUT2D eigenvalue weighted by molar-refractivity contribution is -0.00209. The van der Waals surface area contributed by atoms with Crippen molar-refractivity contribution in [2.45, 2.75) is 57.1 Å². The molecule has 1 atom stereocenters. The molecule has 1 heterocycles. The van der Waals surface area contributed by atoms with Crippen molar-refractivity contribution in [1.29, 1.82) is 0 Å². The average Bonchev–Trinajstić information content (AvgIpc) is 2.68. The molecule has 1 aliphatic carbocycles. The molecule has 0 bridgehead atoms. The fourth-order valence-corrected chi connectivity index (χ4v) is 4.51. The third kappa shape index (κ3) is 3.53. The minimum absolute atomic E-state index is 0.0250. The van der Waals surface area contributed by atoms with Gasteiger partial charge in [-0.15, -0.1) is 0 Å². The summed E-state index contributed by atoms with van der Waals surface area (Å²) in [5.41, 5.74) is 2.56. The van der Waals surface area contributed by atoms with Crippen LogP contribution in [0, 0.1) is 6.92 Å². The van der Waals surface area contributed by atoms with E-state index in [1.807, 2.05) is 43.3 Å². The van der Waals surface area contributed by atoms with E-state index >= 15 is 0 Å². The van der Waals surface area contributed by atoms with Crippen LogP contribution < -0.4 is 14.8 Å². The maximum atomic E-state index is 13.0. The second-order valence-corrected chi connectivity index (χ2v) is 7.80. The van der Waals surface area contributed by atoms with Gasteiger partial charge in [0.15, 0.2) is 0 Å². The van der Waals surface area contributed by atoms with Crippen LogP contribution in [-0.2, 0) is 0 Å². The number of rotatable bonds is 3. The van der Waals surface area contributed by atoms with E-state index in [0.29, 0.717) is 5.56 Å². The van der Waals surface area contributed by atoms with Gasteiger partial charge in [-0.05, 0) is 62.4 Å². The molecule has 27 heavy (non-hydrogen) atoms. The van der Waals surface area contributed by atoms with E-state index in [4.69, 9.17) is 9.47 Å². The van der Waals surface area contributed by atoms with E-state index in [1.165, 1.54) is 19.3 Å². The molecule has 1 N–H and O–H groups in total. The summed E-state index contributed by atoms with van der Waals surface area (Å²) in [7, 11) is 1.64. The summed E-state index contributed by atoms with van der Waals surface area (Å²) in [4.78, 5) is 13.0. The van der Waals surface area contributed by atoms with Crippen LogP contribution in [0.1, 0.15) is 66.1 Å². The molecule has 0 aromatic heterocycles. The number of carbonyl (C=O) groups is 1. The maximum Gasteiger partial charge on any atom is 0.251 e. The Bertz CT molecular complexity index is 839. The lowest BCUT2D eigenvalue weighted by atomic mass is 9.77. The molecule has 1 fully saturated rings. The Kier molecular flexibility index (Phi) is 4.81. The first-order valence-corrected chi connectivity index (χ1v) is 9.84. The van der Waals surface area contributed by atoms with Crippen molar-refractivity contribution in [2.75, 3.05) is 7.11 Å². The fourth-order valence-electron chi connectivity index (χ4n) is 4.51. The van der Waals surface area contributed by atoms with Gasteiger partial charge in [-0.1, -0.05) is 24.6 Å². The number of amides is 1. The zero-order chi connectivity index (χ0) is 18.9. The number of hydrogen-bond acceptors (Lipinski definition) is 3. The van der Waals surface area contributed by atoms with Crippen LogP contribution in [0.5, 0.6) is 11.5 Å². The summed E-state index contributed by atoms with van der Waals surface area (Å²) in [6.07, 6.45) is 6.63. The van der Waals surface area contributed by atoms with E-state index in [-0.39, 0.29) is 17.6 Å². The van der Waals surface area contributed by atoms with Gasteiger partial charge >= 0.3 is 0 Å². The Hall–Kier alpha value is -2.49. The van der Waals surface area contributed by atoms with Crippen LogP contribution >= 0.6 is 0 Å². The first-order chi connectivity index (χ1) is 13.1. The predicted octanol–water partition coefficient (Wildman–Crippen LogP) is 4.96. The summed E-state index contributed by atoms with van der Waals surface area (Å²) in [6, 6.07) is 13.6. The summed E-state index contributed by atoms with van der Waals surface area (Å²) in [6.45, 7) is 1.95. The number of para-hydroxylation sites is 1. The second kappa shape index (κ2) is 7.26. The van der Waals surface area contributed by atoms with Crippen molar-refractivity contribution >= 4 is 5.91 Å². The molecule has 1 spiro atoms. The number of aryl methyl sites for hydroxylation is 1. The largest absolute Gasteiger partial charge is 0.496 e. The Balaban J connectivity index is 1.60. The number of carbonyl (C=O) groups excluding carboxylic acids is 1. The van der Waals surface area contributed by atoms with Crippen molar-refractivity contribution in [3.05, 3.63) is 59.2 Å². The minimum Gasteiger partial charge on any atom is -0.496 e. The first-order valence-electron chi connectivity index (χ1n) is 9.84. The highest BCUT2D eigenvalue weighted by molar-refractivity contribution is 5.95. The number of nitrogens with one attached hydrogen (secondary N) is 1. The molecule has 1 saturated carbocycles. The van der Waals surface area contributed by atoms with E-state index in [0.717, 1.165) is 41.9 Å². The van der Waals surface area contributed by atoms with Gasteiger partial charge in [0, 0.05) is 17.5 Å². The highest BCUT2D eigenvalue weighted by Crippen LogP contribution is 2.46. The highest BCUT2D eigenvalue weighted by Gasteiger charge is 2.42. The number of ether oxygens (including phenoxy) is 2. The fraction of sp³-hybridized carbons (Fsp3) is 0.435. The van der Waals surface area contributed by atoms with Gasteiger partial charge in [0.25, 0.3) is 5.91 Å². The molecule has 4 nitrogen and oxygen atoms in total. The number of methoxy groups -OCH3 is 1. The van der Waals surface area contributed by atoms with Gasteiger partial charge in [0.2, 0.25) is 0 Å². The second-order valence-electron chi connectivity index (χ2n) is 7.80. The molecule has 2 aliphatic rings. The standard InChI is InChI=1S/C23H27NO3/c1-16-14-17(10-11-20(16)26-2)22(25)24-19-15-23(12-6-3-7-13-23)27-21-9-5-4-8-18(19)21/h4-5,8-11,14,19H,3,6-7,12-13,15H2,1-2H3,(H,24,25)/t19-/m1/s1. The summed E-state index contributed by atoms with van der Waals surface area (Å²) < 4.78 is 11.8. The number of benzene rings is 2. The zero-order valence-corrected chi connectivity index (χ0v) is 16.1. The zero-order valence-electron chi connectivity index (χ0n) is 16.1. The van der Waals surface area contributed by atoms with Gasteiger partial charge in [-0.25, -0.2) is 0 Å². The highest BCUT2D eigenvalue weighted by atomic mass is 16.5. The SMILES string of the molecule is COc1ccc(C(=O)N[C@@H]2CC3(CCCCC3)Oc3ccccc32)cc1C. The van der Waals surface area contributed by atoms with Crippen LogP contribution in [-0.4, -0.2) is 18.6 Å². The van der Waals surface area contributed by atoms with Crippen LogP contribution in [0.4, 0.5) is 0 Å². The molecule has 142 valence electrons. The normalized spacial score (nSPS) is 20.4. The Morgan fingerprint density at radius 1 is 1.15 bits per heavy atom. The smallest absolute Gasteiger partial charge is 0.251 e. The number of hydrogen-bond donors (Lipinski definition) is 1. The van der Waals surface area contributed by atoms with Crippen LogP contribution in [0.3, 0.4) is 0 Å². The van der Waals surface area contributed by atoms with Gasteiger partial charge in [-0.2, -0.15) is 0 Å². The predicted molar refractivity (Wildman–Crippen MR) is 105 cm³/mol. The molecule has 0 saturated heterocycles. The lowest BCUT2D eigenvalue weighted by Crippen LogP contribution is -2.46. The first kappa shape index (κ1) is 17.9. The topological polar surface area (TPSA) is 47.6 Å². The third-order valence-electron chi connectivity index (χ3n) is 5.92. The quantitative estimate of drug-likeness (QED) is 0.836. The van der Waals surface area contributed by atoms with Gasteiger partial charge < -0.3 is 14.8 Å². The van der Waals surface area contributed by atoms with Crippen molar-refractivity contribution in [2.24, 2.45) is 0 Å². The molecule has 4 rings (SSSR count). The molecule has 1 aliphatic heterocycles. The molecule has 2 aromatic carbocycles. The molecule has 4 heteroatoms. The van der Waals surface area contributed by atoms with Crippen LogP contribution in [0.15, 0.2) is 42.5 Å². The monoisotopic (exact) mass is 365 g/mol. The van der Waals surface area contributed by atoms with E-state index in [2.05, 4.69) is 11.4 Å². The molecule has 0 unspecified atom stereocenters. The Morgan fingerprint density at radius 2 is 1.93 bits per heavy atom. The summed E-state index contributed by atoms with van der Waals surface area (Å²) in [5, 5.41) is 3.27. The third-order valence-corrected chi connectivity index (χ3v) is 5.92. The van der Waals surface area contributed by atoms with Gasteiger partial charge in [-0.3, -0.25) is 4.79 Å². The molecule has 1 amide bonds. The Labute approximate surface area is 160 Å². The lowest BCUT2D eigenvalue weighted by Gasteiger charge is -2.44. The van der Waals surface area contributed by atoms with Crippen LogP contribution in [0.25, 0.3) is 0 Å². The van der Waals surface area contributed by atoms with Crippen LogP contribution in [0.2, 0.25) is 0 Å². The summed E-state index contributed by atoms with van der Waals surface area (Å²) in [5.74, 6) is 1.67. The molecular weight excluding hydrogens is 338 g/mol. The Morgan fingerprint density at radius 3 is 2.67 bits per heavy atom. The molecule has 0 radical (unpaired) electrons. The van der Waals surface area contributed by atoms with Crippen molar-refractivity contribution in [3.8, 4) is 11.5 Å². The molecular formula is C23H27NO3. The van der Waals surface area contributed by atoms with Gasteiger partial charge in [0.05, 0.1) is 13.2 Å². The molecule has 2 aromatic rings. The van der Waals surface area contributed by atoms with Crippen molar-refractivity contribution < 1.29 is 14.3 Å². The minimum atomic E-state index is -0.139. The van der Waals surface area contributed by atoms with Gasteiger partial charge in [0.1, 0.15) is 17.1 Å². The van der Waals surface area contributed by atoms with Crippen molar-refractivity contribution in [1.82, 2.24) is 5.32 Å². The maximum absolute atomic E-state index is 13.0. The average molecular weight is 365 g/mol. The van der Waals surface area contributed by atoms with E-state index in [9.17, 15) is 4.79 Å². The summed E-state index contributed by atoms with van der Waals surface area (Å²) >= 11 is 0. The van der Waals surface area contributed by atoms with E-state index < -0.39 is 0 Å². The van der Waals surface area contributed by atoms with E-state index in [1.54, 1.807) is 7.11 Å². The number of fused-ring (bicyclic) bond motifs is 1.